The smallest absolute Gasteiger partial charge is 0.387 e. The second kappa shape index (κ2) is 8.91. The molecule has 7 heteroatoms. The van der Waals surface area contributed by atoms with Gasteiger partial charge in [-0.25, -0.2) is 4.79 Å². The Hall–Kier alpha value is -2.83. The topological polar surface area (TPSA) is 50.8 Å². The van der Waals surface area contributed by atoms with Crippen LogP contribution < -0.4 is 14.8 Å². The lowest BCUT2D eigenvalue weighted by atomic mass is 10.1. The molecule has 0 radical (unpaired) electrons. The van der Waals surface area contributed by atoms with E-state index in [9.17, 15) is 13.6 Å². The summed E-state index contributed by atoms with van der Waals surface area (Å²) in [5, 5.41) is 2.96. The summed E-state index contributed by atoms with van der Waals surface area (Å²) >= 11 is 0. The second-order valence-corrected chi connectivity index (χ2v) is 6.87. The summed E-state index contributed by atoms with van der Waals surface area (Å²) in [6.07, 6.45) is 1.92. The first-order chi connectivity index (χ1) is 13.5. The number of benzene rings is 2. The highest BCUT2D eigenvalue weighted by Gasteiger charge is 2.32. The largest absolute Gasteiger partial charge is 0.493 e. The Balaban J connectivity index is 1.65. The summed E-state index contributed by atoms with van der Waals surface area (Å²) in [7, 11) is 1.39. The molecule has 0 atom stereocenters. The number of amides is 2. The molecule has 28 heavy (non-hydrogen) atoms. The van der Waals surface area contributed by atoms with Crippen LogP contribution in [0.15, 0.2) is 42.5 Å². The minimum absolute atomic E-state index is 0.0250. The standard InChI is InChI=1S/C21H24F2N2O3/c1-14-3-5-15(6-4-14)12-24-21(26)25(17-8-9-17)13-16-7-10-18(28-20(22)23)19(11-16)27-2/h3-7,10-11,17,20H,8-9,12-13H2,1-2H3,(H,24,26). The number of hydrogen-bond acceptors (Lipinski definition) is 3. The van der Waals surface area contributed by atoms with Gasteiger partial charge in [-0.2, -0.15) is 8.78 Å². The fourth-order valence-electron chi connectivity index (χ4n) is 2.94. The maximum atomic E-state index is 12.7. The molecule has 0 aromatic heterocycles. The maximum Gasteiger partial charge on any atom is 0.387 e. The van der Waals surface area contributed by atoms with Crippen molar-refractivity contribution in [1.29, 1.82) is 0 Å². The van der Waals surface area contributed by atoms with Crippen molar-refractivity contribution in [2.24, 2.45) is 0 Å². The molecule has 1 aliphatic rings. The van der Waals surface area contributed by atoms with Crippen LogP contribution in [0.1, 0.15) is 29.5 Å². The molecule has 150 valence electrons. The third-order valence-electron chi connectivity index (χ3n) is 4.61. The first-order valence-corrected chi connectivity index (χ1v) is 9.18. The van der Waals surface area contributed by atoms with Gasteiger partial charge in [0, 0.05) is 19.1 Å². The van der Waals surface area contributed by atoms with E-state index in [0.29, 0.717) is 13.1 Å². The first kappa shape index (κ1) is 19.9. The summed E-state index contributed by atoms with van der Waals surface area (Å²) < 4.78 is 34.5. The van der Waals surface area contributed by atoms with Crippen LogP contribution in [-0.4, -0.2) is 30.7 Å². The van der Waals surface area contributed by atoms with Crippen LogP contribution in [0.4, 0.5) is 13.6 Å². The van der Waals surface area contributed by atoms with Crippen molar-refractivity contribution in [2.45, 2.75) is 45.5 Å². The Kier molecular flexibility index (Phi) is 6.34. The number of nitrogens with one attached hydrogen (secondary N) is 1. The molecule has 1 fully saturated rings. The molecule has 5 nitrogen and oxygen atoms in total. The number of alkyl halides is 2. The average Bonchev–Trinajstić information content (AvgIpc) is 3.51. The van der Waals surface area contributed by atoms with Crippen LogP contribution in [0, 0.1) is 6.92 Å². The summed E-state index contributed by atoms with van der Waals surface area (Å²) in [6, 6.07) is 12.8. The number of carbonyl (C=O) groups is 1. The molecule has 2 aromatic carbocycles. The van der Waals surface area contributed by atoms with Gasteiger partial charge < -0.3 is 19.7 Å². The zero-order valence-corrected chi connectivity index (χ0v) is 16.0. The van der Waals surface area contributed by atoms with E-state index in [-0.39, 0.29) is 23.6 Å². The third-order valence-corrected chi connectivity index (χ3v) is 4.61. The van der Waals surface area contributed by atoms with Gasteiger partial charge >= 0.3 is 12.6 Å². The van der Waals surface area contributed by atoms with Crippen molar-refractivity contribution in [3.63, 3.8) is 0 Å². The normalized spacial score (nSPS) is 13.3. The molecule has 0 unspecified atom stereocenters. The van der Waals surface area contributed by atoms with Gasteiger partial charge in [-0.3, -0.25) is 0 Å². The number of halogens is 2. The molecular formula is C21H24F2N2O3. The fraction of sp³-hybridized carbons (Fsp3) is 0.381. The molecule has 0 bridgehead atoms. The Morgan fingerprint density at radius 1 is 1.14 bits per heavy atom. The van der Waals surface area contributed by atoms with Gasteiger partial charge in [0.15, 0.2) is 11.5 Å². The third kappa shape index (κ3) is 5.34. The number of ether oxygens (including phenoxy) is 2. The van der Waals surface area contributed by atoms with Gasteiger partial charge in [0.05, 0.1) is 7.11 Å². The minimum atomic E-state index is -2.92. The summed E-state index contributed by atoms with van der Waals surface area (Å²) in [4.78, 5) is 14.5. The van der Waals surface area contributed by atoms with Gasteiger partial charge in [-0.15, -0.1) is 0 Å². The molecule has 1 saturated carbocycles. The van der Waals surface area contributed by atoms with Gasteiger partial charge in [-0.05, 0) is 43.0 Å². The monoisotopic (exact) mass is 390 g/mol. The van der Waals surface area contributed by atoms with Gasteiger partial charge in [0.25, 0.3) is 0 Å². The molecule has 1 aliphatic carbocycles. The van der Waals surface area contributed by atoms with E-state index in [1.807, 2.05) is 31.2 Å². The van der Waals surface area contributed by atoms with Crippen molar-refractivity contribution in [2.75, 3.05) is 7.11 Å². The number of carbonyl (C=O) groups excluding carboxylic acids is 1. The predicted molar refractivity (Wildman–Crippen MR) is 102 cm³/mol. The number of aryl methyl sites for hydroxylation is 1. The van der Waals surface area contributed by atoms with E-state index >= 15 is 0 Å². The van der Waals surface area contributed by atoms with Crippen molar-refractivity contribution in [3.8, 4) is 11.5 Å². The fourth-order valence-corrected chi connectivity index (χ4v) is 2.94. The van der Waals surface area contributed by atoms with Crippen LogP contribution in [0.25, 0.3) is 0 Å². The molecule has 0 aliphatic heterocycles. The van der Waals surface area contributed by atoms with Crippen molar-refractivity contribution in [3.05, 3.63) is 59.2 Å². The maximum absolute atomic E-state index is 12.7. The Bertz CT molecular complexity index is 808. The van der Waals surface area contributed by atoms with E-state index in [2.05, 4.69) is 10.1 Å². The van der Waals surface area contributed by atoms with Gasteiger partial charge in [-0.1, -0.05) is 35.9 Å². The number of methoxy groups -OCH3 is 1. The zero-order chi connectivity index (χ0) is 20.1. The number of hydrogen-bond donors (Lipinski definition) is 1. The molecule has 3 rings (SSSR count). The van der Waals surface area contributed by atoms with E-state index in [0.717, 1.165) is 24.0 Å². The lowest BCUT2D eigenvalue weighted by molar-refractivity contribution is -0.0512. The number of nitrogens with zero attached hydrogens (tertiary/aromatic N) is 1. The highest BCUT2D eigenvalue weighted by atomic mass is 19.3. The lowest BCUT2D eigenvalue weighted by Gasteiger charge is -2.23. The number of rotatable bonds is 8. The molecule has 2 amide bonds. The lowest BCUT2D eigenvalue weighted by Crippen LogP contribution is -2.40. The van der Waals surface area contributed by atoms with Crippen LogP contribution in [0.5, 0.6) is 11.5 Å². The molecule has 2 aromatic rings. The van der Waals surface area contributed by atoms with Crippen molar-refractivity contribution >= 4 is 6.03 Å². The Morgan fingerprint density at radius 3 is 2.43 bits per heavy atom. The second-order valence-electron chi connectivity index (χ2n) is 6.87. The quantitative estimate of drug-likeness (QED) is 0.723. The van der Waals surface area contributed by atoms with Gasteiger partial charge in [0.2, 0.25) is 0 Å². The van der Waals surface area contributed by atoms with Crippen LogP contribution >= 0.6 is 0 Å². The van der Waals surface area contributed by atoms with Crippen LogP contribution in [0.2, 0.25) is 0 Å². The molecule has 0 saturated heterocycles. The van der Waals surface area contributed by atoms with Crippen molar-refractivity contribution < 1.29 is 23.0 Å². The summed E-state index contributed by atoms with van der Waals surface area (Å²) in [5.41, 5.74) is 2.99. The summed E-state index contributed by atoms with van der Waals surface area (Å²) in [5.74, 6) is 0.191. The Labute approximate surface area is 163 Å². The zero-order valence-electron chi connectivity index (χ0n) is 16.0. The molecule has 1 N–H and O–H groups in total. The highest BCUT2D eigenvalue weighted by Crippen LogP contribution is 2.32. The Morgan fingerprint density at radius 2 is 1.82 bits per heavy atom. The molecule has 0 heterocycles. The van der Waals surface area contributed by atoms with E-state index in [1.165, 1.54) is 18.7 Å². The number of urea groups is 1. The minimum Gasteiger partial charge on any atom is -0.493 e. The SMILES string of the molecule is COc1cc(CN(C(=O)NCc2ccc(C)cc2)C2CC2)ccc1OC(F)F. The van der Waals surface area contributed by atoms with E-state index in [1.54, 1.807) is 17.0 Å². The molecule has 0 spiro atoms. The van der Waals surface area contributed by atoms with Gasteiger partial charge in [0.1, 0.15) is 0 Å². The van der Waals surface area contributed by atoms with E-state index in [4.69, 9.17) is 4.74 Å². The predicted octanol–water partition coefficient (Wildman–Crippen LogP) is 4.48. The van der Waals surface area contributed by atoms with E-state index < -0.39 is 6.61 Å². The van der Waals surface area contributed by atoms with Crippen LogP contribution in [0.3, 0.4) is 0 Å². The molecular weight excluding hydrogens is 366 g/mol. The first-order valence-electron chi connectivity index (χ1n) is 9.18. The highest BCUT2D eigenvalue weighted by molar-refractivity contribution is 5.75. The average molecular weight is 390 g/mol. The van der Waals surface area contributed by atoms with Crippen LogP contribution in [-0.2, 0) is 13.1 Å². The summed E-state index contributed by atoms with van der Waals surface area (Å²) in [6.45, 7) is -0.0821. The van der Waals surface area contributed by atoms with Crippen molar-refractivity contribution in [1.82, 2.24) is 10.2 Å².